The van der Waals surface area contributed by atoms with Crippen molar-refractivity contribution in [3.63, 3.8) is 0 Å². The molecule has 0 aliphatic carbocycles. The number of nitrogens with zero attached hydrogens (tertiary/aromatic N) is 3. The van der Waals surface area contributed by atoms with E-state index in [0.717, 1.165) is 24.1 Å². The summed E-state index contributed by atoms with van der Waals surface area (Å²) < 4.78 is 1.34. The summed E-state index contributed by atoms with van der Waals surface area (Å²) in [5, 5.41) is 13.3. The Morgan fingerprint density at radius 3 is 2.77 bits per heavy atom. The Morgan fingerprint density at radius 1 is 1.32 bits per heavy atom. The molecule has 1 N–H and O–H groups in total. The van der Waals surface area contributed by atoms with Gasteiger partial charge in [0.2, 0.25) is 0 Å². The molecule has 2 heterocycles. The zero-order valence-electron chi connectivity index (χ0n) is 12.3. The smallest absolute Gasteiger partial charge is 0.354 e. The fraction of sp³-hybridized carbons (Fsp3) is 0.312. The maximum atomic E-state index is 12.7. The quantitative estimate of drug-likeness (QED) is 0.942. The second kappa shape index (κ2) is 5.63. The first-order valence-electron chi connectivity index (χ1n) is 7.32. The molecule has 0 fully saturated rings. The minimum atomic E-state index is -1.08. The third kappa shape index (κ3) is 2.36. The van der Waals surface area contributed by atoms with Crippen molar-refractivity contribution in [3.05, 3.63) is 47.3 Å². The first kappa shape index (κ1) is 14.3. The van der Waals surface area contributed by atoms with Gasteiger partial charge in [0.15, 0.2) is 5.69 Å². The average molecular weight is 299 g/mol. The molecular weight excluding hydrogens is 282 g/mol. The molecule has 1 aliphatic rings. The number of hydrogen-bond acceptors (Lipinski definition) is 3. The Labute approximate surface area is 128 Å². The molecule has 114 valence electrons. The number of aromatic carboxylic acids is 1. The van der Waals surface area contributed by atoms with Crippen molar-refractivity contribution in [2.75, 3.05) is 11.4 Å². The Hall–Kier alpha value is -2.63. The van der Waals surface area contributed by atoms with Gasteiger partial charge in [-0.1, -0.05) is 18.2 Å². The van der Waals surface area contributed by atoms with E-state index in [1.807, 2.05) is 24.3 Å². The van der Waals surface area contributed by atoms with Gasteiger partial charge in [-0.3, -0.25) is 9.48 Å². The summed E-state index contributed by atoms with van der Waals surface area (Å²) in [4.78, 5) is 25.6. The highest BCUT2D eigenvalue weighted by Gasteiger charge is 2.26. The molecule has 3 rings (SSSR count). The minimum Gasteiger partial charge on any atom is -0.477 e. The number of anilines is 1. The second-order valence-corrected chi connectivity index (χ2v) is 5.22. The number of carboxylic acids is 1. The van der Waals surface area contributed by atoms with Crippen LogP contribution >= 0.6 is 0 Å². The molecule has 0 radical (unpaired) electrons. The normalized spacial score (nSPS) is 13.8. The van der Waals surface area contributed by atoms with E-state index in [0.29, 0.717) is 13.1 Å². The van der Waals surface area contributed by atoms with Crippen LogP contribution in [0.5, 0.6) is 0 Å². The summed E-state index contributed by atoms with van der Waals surface area (Å²) in [5.41, 5.74) is 2.24. The van der Waals surface area contributed by atoms with Crippen molar-refractivity contribution >= 4 is 17.6 Å². The zero-order valence-corrected chi connectivity index (χ0v) is 12.3. The molecule has 2 aromatic rings. The molecule has 1 aliphatic heterocycles. The van der Waals surface area contributed by atoms with Crippen molar-refractivity contribution in [3.8, 4) is 0 Å². The number of amides is 1. The van der Waals surface area contributed by atoms with E-state index in [1.165, 1.54) is 10.7 Å². The van der Waals surface area contributed by atoms with Gasteiger partial charge in [0.1, 0.15) is 5.69 Å². The van der Waals surface area contributed by atoms with Crippen LogP contribution in [0.25, 0.3) is 0 Å². The third-order valence-electron chi connectivity index (χ3n) is 3.87. The third-order valence-corrected chi connectivity index (χ3v) is 3.87. The van der Waals surface area contributed by atoms with Crippen molar-refractivity contribution in [1.82, 2.24) is 9.78 Å². The number of carboxylic acid groups (broad SMARTS) is 1. The lowest BCUT2D eigenvalue weighted by Gasteiger charge is -2.28. The van der Waals surface area contributed by atoms with E-state index in [9.17, 15) is 14.7 Å². The van der Waals surface area contributed by atoms with Crippen LogP contribution in [0, 0.1) is 0 Å². The number of hydrogen-bond donors (Lipinski definition) is 1. The van der Waals surface area contributed by atoms with Crippen molar-refractivity contribution in [2.24, 2.45) is 0 Å². The molecule has 22 heavy (non-hydrogen) atoms. The number of aryl methyl sites for hydroxylation is 2. The lowest BCUT2D eigenvalue weighted by atomic mass is 10.0. The summed E-state index contributed by atoms with van der Waals surface area (Å²) in [6.45, 7) is 2.83. The Bertz CT molecular complexity index is 736. The highest BCUT2D eigenvalue weighted by molar-refractivity contribution is 6.06. The molecule has 0 atom stereocenters. The van der Waals surface area contributed by atoms with Crippen molar-refractivity contribution in [1.29, 1.82) is 0 Å². The second-order valence-electron chi connectivity index (χ2n) is 5.22. The maximum Gasteiger partial charge on any atom is 0.354 e. The van der Waals surface area contributed by atoms with E-state index in [-0.39, 0.29) is 17.3 Å². The summed E-state index contributed by atoms with van der Waals surface area (Å²) in [7, 11) is 0. The van der Waals surface area contributed by atoms with Crippen LogP contribution in [0.4, 0.5) is 5.69 Å². The minimum absolute atomic E-state index is 0.0381. The largest absolute Gasteiger partial charge is 0.477 e. The number of fused-ring (bicyclic) bond motifs is 1. The molecule has 1 amide bonds. The SMILES string of the molecule is CCn1nc(C(=O)N2CCCc3ccccc32)cc1C(=O)O. The molecular formula is C16H17N3O3. The zero-order chi connectivity index (χ0) is 15.7. The Morgan fingerprint density at radius 2 is 2.09 bits per heavy atom. The standard InChI is InChI=1S/C16H17N3O3/c1-2-19-14(16(21)22)10-12(17-19)15(20)18-9-5-7-11-6-3-4-8-13(11)18/h3-4,6,8,10H,2,5,7,9H2,1H3,(H,21,22). The van der Waals surface area contributed by atoms with Gasteiger partial charge in [-0.15, -0.1) is 0 Å². The van der Waals surface area contributed by atoms with Crippen LogP contribution in [0.2, 0.25) is 0 Å². The summed E-state index contributed by atoms with van der Waals surface area (Å²) >= 11 is 0. The monoisotopic (exact) mass is 299 g/mol. The van der Waals surface area contributed by atoms with Gasteiger partial charge in [0.25, 0.3) is 5.91 Å². The fourth-order valence-corrected chi connectivity index (χ4v) is 2.82. The van der Waals surface area contributed by atoms with Crippen LogP contribution < -0.4 is 4.90 Å². The molecule has 6 nitrogen and oxygen atoms in total. The Balaban J connectivity index is 1.97. The predicted molar refractivity (Wildman–Crippen MR) is 81.3 cm³/mol. The molecule has 0 spiro atoms. The van der Waals surface area contributed by atoms with E-state index in [1.54, 1.807) is 11.8 Å². The molecule has 0 saturated carbocycles. The number of carbonyl (C=O) groups excluding carboxylic acids is 1. The van der Waals surface area contributed by atoms with Gasteiger partial charge in [-0.05, 0) is 31.4 Å². The molecule has 0 saturated heterocycles. The lowest BCUT2D eigenvalue weighted by molar-refractivity contribution is 0.0683. The van der Waals surface area contributed by atoms with Crippen LogP contribution in [-0.2, 0) is 13.0 Å². The molecule has 1 aromatic heterocycles. The number of para-hydroxylation sites is 1. The van der Waals surface area contributed by atoms with Crippen molar-refractivity contribution in [2.45, 2.75) is 26.3 Å². The summed E-state index contributed by atoms with van der Waals surface area (Å²) in [5.74, 6) is -1.32. The van der Waals surface area contributed by atoms with E-state index in [2.05, 4.69) is 5.10 Å². The predicted octanol–water partition coefficient (Wildman–Crippen LogP) is 2.19. The van der Waals surface area contributed by atoms with Gasteiger partial charge >= 0.3 is 5.97 Å². The number of aromatic nitrogens is 2. The molecule has 1 aromatic carbocycles. The van der Waals surface area contributed by atoms with Crippen molar-refractivity contribution < 1.29 is 14.7 Å². The first-order chi connectivity index (χ1) is 10.6. The van der Waals surface area contributed by atoms with E-state index in [4.69, 9.17) is 0 Å². The number of benzene rings is 1. The lowest BCUT2D eigenvalue weighted by Crippen LogP contribution is -2.35. The molecule has 0 unspecified atom stereocenters. The van der Waals surface area contributed by atoms with Gasteiger partial charge in [-0.25, -0.2) is 4.79 Å². The summed E-state index contributed by atoms with van der Waals surface area (Å²) in [6.07, 6.45) is 1.84. The van der Waals surface area contributed by atoms with Crippen LogP contribution in [0.15, 0.2) is 30.3 Å². The summed E-state index contributed by atoms with van der Waals surface area (Å²) in [6, 6.07) is 9.15. The number of rotatable bonds is 3. The average Bonchev–Trinajstić information content (AvgIpc) is 2.98. The maximum absolute atomic E-state index is 12.7. The topological polar surface area (TPSA) is 75.4 Å². The van der Waals surface area contributed by atoms with Gasteiger partial charge < -0.3 is 10.0 Å². The number of carbonyl (C=O) groups is 2. The fourth-order valence-electron chi connectivity index (χ4n) is 2.82. The highest BCUT2D eigenvalue weighted by atomic mass is 16.4. The van der Waals surface area contributed by atoms with Crippen LogP contribution in [0.1, 0.15) is 39.9 Å². The Kier molecular flexibility index (Phi) is 3.66. The molecule has 6 heteroatoms. The van der Waals surface area contributed by atoms with E-state index < -0.39 is 5.97 Å². The van der Waals surface area contributed by atoms with Gasteiger partial charge in [0, 0.05) is 24.8 Å². The first-order valence-corrected chi connectivity index (χ1v) is 7.32. The van der Waals surface area contributed by atoms with E-state index >= 15 is 0 Å². The molecule has 0 bridgehead atoms. The van der Waals surface area contributed by atoms with Gasteiger partial charge in [-0.2, -0.15) is 5.10 Å². The van der Waals surface area contributed by atoms with Crippen LogP contribution in [-0.4, -0.2) is 33.3 Å². The van der Waals surface area contributed by atoms with Crippen LogP contribution in [0.3, 0.4) is 0 Å². The van der Waals surface area contributed by atoms with Gasteiger partial charge in [0.05, 0.1) is 0 Å². The highest BCUT2D eigenvalue weighted by Crippen LogP contribution is 2.28.